The van der Waals surface area contributed by atoms with E-state index >= 15 is 0 Å². The van der Waals surface area contributed by atoms with Crippen molar-refractivity contribution in [3.8, 4) is 5.75 Å². The number of aryl methyl sites for hydroxylation is 1. The van der Waals surface area contributed by atoms with Gasteiger partial charge in [-0.3, -0.25) is 4.79 Å². The Kier molecular flexibility index (Phi) is 5.31. The highest BCUT2D eigenvalue weighted by molar-refractivity contribution is 6.07. The van der Waals surface area contributed by atoms with Crippen LogP contribution in [-0.4, -0.2) is 18.9 Å². The van der Waals surface area contributed by atoms with Crippen LogP contribution in [0.3, 0.4) is 0 Å². The molecule has 0 N–H and O–H groups in total. The maximum Gasteiger partial charge on any atom is 0.185 e. The van der Waals surface area contributed by atoms with E-state index in [4.69, 9.17) is 4.74 Å². The average molecular weight is 309 g/mol. The largest absolute Gasteiger partial charge is 0.550 e. The Morgan fingerprint density at radius 2 is 1.96 bits per heavy atom. The molecule has 0 fully saturated rings. The molecule has 4 nitrogen and oxygen atoms in total. The van der Waals surface area contributed by atoms with Gasteiger partial charge in [-0.25, -0.2) is 0 Å². The van der Waals surface area contributed by atoms with Crippen molar-refractivity contribution in [2.24, 2.45) is 0 Å². The number of carboxylic acids is 1. The van der Waals surface area contributed by atoms with Crippen molar-refractivity contribution in [2.75, 3.05) is 7.11 Å². The third-order valence-corrected chi connectivity index (χ3v) is 3.37. The molecule has 0 spiro atoms. The number of hydrogen-bond donors (Lipinski definition) is 0. The molecule has 0 aliphatic heterocycles. The Morgan fingerprint density at radius 1 is 1.17 bits per heavy atom. The summed E-state index contributed by atoms with van der Waals surface area (Å²) in [6, 6.07) is 12.5. The third kappa shape index (κ3) is 4.54. The van der Waals surface area contributed by atoms with Crippen LogP contribution in [-0.2, 0) is 11.2 Å². The summed E-state index contributed by atoms with van der Waals surface area (Å²) < 4.78 is 5.10. The molecular formula is C19H17O4-. The standard InChI is InChI=1S/C19H18O4/c1-13-4-3-5-14(10-13)6-8-17(20)15-7-9-18(23-2)16(11-15)12-19(21)22/h3-11H,12H2,1-2H3,(H,21,22)/p-1/b8-6+. The minimum atomic E-state index is -1.22. The van der Waals surface area contributed by atoms with E-state index in [1.807, 2.05) is 31.2 Å². The molecule has 4 heteroatoms. The van der Waals surface area contributed by atoms with Crippen molar-refractivity contribution in [3.63, 3.8) is 0 Å². The number of carboxylic acid groups (broad SMARTS) is 1. The lowest BCUT2D eigenvalue weighted by Crippen LogP contribution is -2.24. The number of rotatable bonds is 6. The van der Waals surface area contributed by atoms with Gasteiger partial charge in [0.05, 0.1) is 7.11 Å². The van der Waals surface area contributed by atoms with E-state index in [1.54, 1.807) is 18.2 Å². The van der Waals surface area contributed by atoms with E-state index in [1.165, 1.54) is 19.3 Å². The zero-order chi connectivity index (χ0) is 16.8. The first-order chi connectivity index (χ1) is 11.0. The molecule has 2 aromatic rings. The number of aliphatic carboxylic acids is 1. The predicted octanol–water partition coefficient (Wildman–Crippen LogP) is 2.19. The molecule has 0 atom stereocenters. The summed E-state index contributed by atoms with van der Waals surface area (Å²) in [6.07, 6.45) is 2.91. The highest BCUT2D eigenvalue weighted by Gasteiger charge is 2.08. The van der Waals surface area contributed by atoms with Crippen LogP contribution < -0.4 is 9.84 Å². The summed E-state index contributed by atoms with van der Waals surface area (Å²) in [5, 5.41) is 10.8. The predicted molar refractivity (Wildman–Crippen MR) is 86.2 cm³/mol. The summed E-state index contributed by atoms with van der Waals surface area (Å²) in [5.41, 5.74) is 2.87. The molecule has 2 rings (SSSR count). The van der Waals surface area contributed by atoms with Gasteiger partial charge < -0.3 is 14.6 Å². The zero-order valence-corrected chi connectivity index (χ0v) is 13.0. The van der Waals surface area contributed by atoms with Gasteiger partial charge in [-0.05, 0) is 36.8 Å². The molecule has 2 aromatic carbocycles. The lowest BCUT2D eigenvalue weighted by molar-refractivity contribution is -0.304. The molecular weight excluding hydrogens is 292 g/mol. The van der Waals surface area contributed by atoms with Gasteiger partial charge in [-0.2, -0.15) is 0 Å². The first-order valence-corrected chi connectivity index (χ1v) is 7.15. The Balaban J connectivity index is 2.23. The fraction of sp³-hybridized carbons (Fsp3) is 0.158. The molecule has 0 aromatic heterocycles. The number of methoxy groups -OCH3 is 1. The van der Waals surface area contributed by atoms with Crippen LogP contribution in [0.5, 0.6) is 5.75 Å². The minimum Gasteiger partial charge on any atom is -0.550 e. The second kappa shape index (κ2) is 7.40. The number of carbonyl (C=O) groups is 2. The van der Waals surface area contributed by atoms with E-state index in [-0.39, 0.29) is 12.2 Å². The molecule has 0 amide bonds. The van der Waals surface area contributed by atoms with Crippen molar-refractivity contribution in [2.45, 2.75) is 13.3 Å². The zero-order valence-electron chi connectivity index (χ0n) is 13.0. The minimum absolute atomic E-state index is 0.200. The maximum atomic E-state index is 12.2. The van der Waals surface area contributed by atoms with Gasteiger partial charge in [-0.15, -0.1) is 0 Å². The molecule has 23 heavy (non-hydrogen) atoms. The van der Waals surface area contributed by atoms with Crippen LogP contribution in [0.25, 0.3) is 6.08 Å². The van der Waals surface area contributed by atoms with E-state index < -0.39 is 5.97 Å². The first-order valence-electron chi connectivity index (χ1n) is 7.15. The molecule has 0 aliphatic rings. The number of allylic oxidation sites excluding steroid dienone is 1. The molecule has 118 valence electrons. The van der Waals surface area contributed by atoms with Crippen molar-refractivity contribution < 1.29 is 19.4 Å². The molecule has 0 bridgehead atoms. The van der Waals surface area contributed by atoms with Crippen LogP contribution in [0.1, 0.15) is 27.0 Å². The summed E-state index contributed by atoms with van der Waals surface area (Å²) in [4.78, 5) is 23.0. The topological polar surface area (TPSA) is 66.4 Å². The van der Waals surface area contributed by atoms with Gasteiger partial charge in [0.1, 0.15) is 5.75 Å². The van der Waals surface area contributed by atoms with Crippen LogP contribution >= 0.6 is 0 Å². The maximum absolute atomic E-state index is 12.2. The van der Waals surface area contributed by atoms with Crippen LogP contribution in [0.2, 0.25) is 0 Å². The molecule has 0 saturated carbocycles. The van der Waals surface area contributed by atoms with Gasteiger partial charge in [0.15, 0.2) is 5.78 Å². The van der Waals surface area contributed by atoms with Gasteiger partial charge in [0.2, 0.25) is 0 Å². The molecule has 0 saturated heterocycles. The fourth-order valence-corrected chi connectivity index (χ4v) is 2.27. The molecule has 0 unspecified atom stereocenters. The van der Waals surface area contributed by atoms with E-state index in [0.717, 1.165) is 11.1 Å². The van der Waals surface area contributed by atoms with Gasteiger partial charge >= 0.3 is 0 Å². The fourth-order valence-electron chi connectivity index (χ4n) is 2.27. The second-order valence-corrected chi connectivity index (χ2v) is 5.19. The number of ether oxygens (including phenoxy) is 1. The number of ketones is 1. The second-order valence-electron chi connectivity index (χ2n) is 5.19. The van der Waals surface area contributed by atoms with Crippen molar-refractivity contribution in [1.29, 1.82) is 0 Å². The summed E-state index contributed by atoms with van der Waals surface area (Å²) in [5.74, 6) is -0.995. The third-order valence-electron chi connectivity index (χ3n) is 3.37. The SMILES string of the molecule is COc1ccc(C(=O)/C=C/c2cccc(C)c2)cc1CC(=O)[O-]. The van der Waals surface area contributed by atoms with E-state index in [9.17, 15) is 14.7 Å². The number of benzene rings is 2. The van der Waals surface area contributed by atoms with Crippen LogP contribution in [0.15, 0.2) is 48.5 Å². The van der Waals surface area contributed by atoms with Crippen LogP contribution in [0, 0.1) is 6.92 Å². The van der Waals surface area contributed by atoms with Gasteiger partial charge in [0, 0.05) is 23.5 Å². The monoisotopic (exact) mass is 309 g/mol. The summed E-state index contributed by atoms with van der Waals surface area (Å²) in [6.45, 7) is 1.98. The average Bonchev–Trinajstić information content (AvgIpc) is 2.52. The molecule has 0 heterocycles. The lowest BCUT2D eigenvalue weighted by atomic mass is 10.0. The van der Waals surface area contributed by atoms with Gasteiger partial charge in [-0.1, -0.05) is 35.9 Å². The molecule has 0 aliphatic carbocycles. The number of carbonyl (C=O) groups excluding carboxylic acids is 2. The summed E-state index contributed by atoms with van der Waals surface area (Å²) in [7, 11) is 1.45. The Labute approximate surface area is 135 Å². The summed E-state index contributed by atoms with van der Waals surface area (Å²) >= 11 is 0. The van der Waals surface area contributed by atoms with Gasteiger partial charge in [0.25, 0.3) is 0 Å². The van der Waals surface area contributed by atoms with Crippen molar-refractivity contribution in [1.82, 2.24) is 0 Å². The highest BCUT2D eigenvalue weighted by atomic mass is 16.5. The lowest BCUT2D eigenvalue weighted by Gasteiger charge is -2.10. The van der Waals surface area contributed by atoms with Crippen molar-refractivity contribution >= 4 is 17.8 Å². The smallest absolute Gasteiger partial charge is 0.185 e. The Bertz CT molecular complexity index is 760. The van der Waals surface area contributed by atoms with Crippen molar-refractivity contribution in [3.05, 3.63) is 70.8 Å². The Morgan fingerprint density at radius 3 is 2.61 bits per heavy atom. The van der Waals surface area contributed by atoms with Crippen LogP contribution in [0.4, 0.5) is 0 Å². The Hall–Kier alpha value is -2.88. The van der Waals surface area contributed by atoms with E-state index in [0.29, 0.717) is 16.9 Å². The molecule has 0 radical (unpaired) electrons. The number of hydrogen-bond acceptors (Lipinski definition) is 4. The normalized spacial score (nSPS) is 10.7. The first kappa shape index (κ1) is 16.5. The quantitative estimate of drug-likeness (QED) is 0.606. The highest BCUT2D eigenvalue weighted by Crippen LogP contribution is 2.21. The van der Waals surface area contributed by atoms with E-state index in [2.05, 4.69) is 0 Å².